The summed E-state index contributed by atoms with van der Waals surface area (Å²) in [6.07, 6.45) is 1.54. The largest absolute Gasteiger partial charge is 0.383 e. The first-order chi connectivity index (χ1) is 7.86. The van der Waals surface area contributed by atoms with E-state index in [0.29, 0.717) is 23.7 Å². The van der Waals surface area contributed by atoms with Gasteiger partial charge in [0, 0.05) is 18.7 Å². The molecular weight excluding hydrogens is 212 g/mol. The van der Waals surface area contributed by atoms with Crippen molar-refractivity contribution in [2.75, 3.05) is 17.7 Å². The first kappa shape index (κ1) is 13.7. The molecule has 0 spiro atoms. The number of nitrogens with zero attached hydrogens (tertiary/aromatic N) is 3. The molecule has 0 fully saturated rings. The number of hydrogen-bond donors (Lipinski definition) is 1. The number of nitrogen functional groups attached to an aromatic ring is 1. The Morgan fingerprint density at radius 3 is 2.18 bits per heavy atom. The Hall–Kier alpha value is -1.32. The molecule has 0 radical (unpaired) electrons. The normalized spacial score (nSPS) is 13.2. The zero-order chi connectivity index (χ0) is 13.2. The van der Waals surface area contributed by atoms with E-state index in [-0.39, 0.29) is 0 Å². The van der Waals surface area contributed by atoms with Crippen LogP contribution in [0.15, 0.2) is 6.33 Å². The van der Waals surface area contributed by atoms with Gasteiger partial charge in [-0.1, -0.05) is 27.7 Å². The highest BCUT2D eigenvalue weighted by atomic mass is 15.2. The summed E-state index contributed by atoms with van der Waals surface area (Å²) in [5, 5.41) is 0. The van der Waals surface area contributed by atoms with Crippen molar-refractivity contribution in [1.82, 2.24) is 9.97 Å². The van der Waals surface area contributed by atoms with Crippen molar-refractivity contribution in [3.05, 3.63) is 11.9 Å². The maximum atomic E-state index is 5.96. The van der Waals surface area contributed by atoms with Gasteiger partial charge in [0.25, 0.3) is 0 Å². The Morgan fingerprint density at radius 2 is 1.71 bits per heavy atom. The van der Waals surface area contributed by atoms with Crippen LogP contribution in [0.25, 0.3) is 0 Å². The van der Waals surface area contributed by atoms with Crippen LogP contribution in [0, 0.1) is 5.92 Å². The van der Waals surface area contributed by atoms with Gasteiger partial charge >= 0.3 is 0 Å². The average Bonchev–Trinajstić information content (AvgIpc) is 2.25. The topological polar surface area (TPSA) is 55.0 Å². The number of hydrogen-bond acceptors (Lipinski definition) is 4. The number of nitrogens with two attached hydrogens (primary N) is 1. The lowest BCUT2D eigenvalue weighted by atomic mass is 10.0. The Balaban J connectivity index is 3.17. The highest BCUT2D eigenvalue weighted by molar-refractivity contribution is 5.58. The number of aromatic nitrogens is 2. The number of anilines is 2. The minimum Gasteiger partial charge on any atom is -0.383 e. The van der Waals surface area contributed by atoms with E-state index in [4.69, 9.17) is 5.73 Å². The molecule has 0 saturated heterocycles. The van der Waals surface area contributed by atoms with Crippen LogP contribution in [0.3, 0.4) is 0 Å². The summed E-state index contributed by atoms with van der Waals surface area (Å²) in [5.41, 5.74) is 7.00. The SMILES string of the molecule is CC(C)c1c(N)ncnc1N(C)C(C)C(C)C. The predicted octanol–water partition coefficient (Wildman–Crippen LogP) is 2.66. The molecule has 1 atom stereocenters. The quantitative estimate of drug-likeness (QED) is 0.873. The van der Waals surface area contributed by atoms with Crippen molar-refractivity contribution in [3.8, 4) is 0 Å². The van der Waals surface area contributed by atoms with E-state index in [1.807, 2.05) is 0 Å². The molecule has 0 bridgehead atoms. The molecule has 2 N–H and O–H groups in total. The van der Waals surface area contributed by atoms with Crippen LogP contribution in [0.1, 0.15) is 46.1 Å². The molecule has 0 aliphatic heterocycles. The van der Waals surface area contributed by atoms with E-state index >= 15 is 0 Å². The first-order valence-electron chi connectivity index (χ1n) is 6.19. The molecule has 1 rings (SSSR count). The van der Waals surface area contributed by atoms with Crippen molar-refractivity contribution >= 4 is 11.6 Å². The minimum atomic E-state index is 0.327. The molecule has 1 heterocycles. The summed E-state index contributed by atoms with van der Waals surface area (Å²) >= 11 is 0. The van der Waals surface area contributed by atoms with Crippen molar-refractivity contribution in [2.24, 2.45) is 5.92 Å². The third kappa shape index (κ3) is 2.87. The van der Waals surface area contributed by atoms with Crippen LogP contribution < -0.4 is 10.6 Å². The van der Waals surface area contributed by atoms with Crippen molar-refractivity contribution in [1.29, 1.82) is 0 Å². The van der Waals surface area contributed by atoms with Gasteiger partial charge in [-0.2, -0.15) is 0 Å². The lowest BCUT2D eigenvalue weighted by molar-refractivity contribution is 0.501. The standard InChI is InChI=1S/C13H24N4/c1-8(2)10(5)17(6)13-11(9(3)4)12(14)15-7-16-13/h7-10H,1-6H3,(H2,14,15,16). The summed E-state index contributed by atoms with van der Waals surface area (Å²) in [6.45, 7) is 10.9. The van der Waals surface area contributed by atoms with Gasteiger partial charge < -0.3 is 10.6 Å². The fourth-order valence-electron chi connectivity index (χ4n) is 1.87. The van der Waals surface area contributed by atoms with E-state index in [9.17, 15) is 0 Å². The fourth-order valence-corrected chi connectivity index (χ4v) is 1.87. The van der Waals surface area contributed by atoms with Gasteiger partial charge in [-0.25, -0.2) is 9.97 Å². The molecule has 17 heavy (non-hydrogen) atoms. The smallest absolute Gasteiger partial charge is 0.137 e. The van der Waals surface area contributed by atoms with Crippen LogP contribution in [0.4, 0.5) is 11.6 Å². The second kappa shape index (κ2) is 5.34. The molecule has 0 aliphatic carbocycles. The van der Waals surface area contributed by atoms with Crippen molar-refractivity contribution in [3.63, 3.8) is 0 Å². The molecule has 4 nitrogen and oxygen atoms in total. The molecule has 1 unspecified atom stereocenters. The van der Waals surface area contributed by atoms with Crippen LogP contribution in [-0.4, -0.2) is 23.1 Å². The molecule has 4 heteroatoms. The summed E-state index contributed by atoms with van der Waals surface area (Å²) in [5.74, 6) is 2.44. The van der Waals surface area contributed by atoms with E-state index in [2.05, 4.69) is 56.5 Å². The molecule has 0 aromatic carbocycles. The Kier molecular flexibility index (Phi) is 4.32. The summed E-state index contributed by atoms with van der Waals surface area (Å²) in [4.78, 5) is 10.7. The van der Waals surface area contributed by atoms with Gasteiger partial charge in [0.05, 0.1) is 0 Å². The Bertz CT molecular complexity index is 374. The van der Waals surface area contributed by atoms with E-state index in [0.717, 1.165) is 11.4 Å². The molecule has 1 aromatic heterocycles. The summed E-state index contributed by atoms with van der Waals surface area (Å²) in [7, 11) is 2.07. The Labute approximate surface area is 104 Å². The van der Waals surface area contributed by atoms with Gasteiger partial charge in [-0.3, -0.25) is 0 Å². The average molecular weight is 236 g/mol. The third-order valence-electron chi connectivity index (χ3n) is 3.38. The van der Waals surface area contributed by atoms with Crippen molar-refractivity contribution < 1.29 is 0 Å². The van der Waals surface area contributed by atoms with Gasteiger partial charge in [0.15, 0.2) is 0 Å². The highest BCUT2D eigenvalue weighted by Crippen LogP contribution is 2.30. The lowest BCUT2D eigenvalue weighted by Gasteiger charge is -2.31. The number of rotatable bonds is 4. The molecule has 0 amide bonds. The molecule has 0 aliphatic rings. The summed E-state index contributed by atoms with van der Waals surface area (Å²) in [6, 6.07) is 0.418. The molecular formula is C13H24N4. The van der Waals surface area contributed by atoms with Gasteiger partial charge in [0.2, 0.25) is 0 Å². The van der Waals surface area contributed by atoms with Crippen LogP contribution in [0.2, 0.25) is 0 Å². The van der Waals surface area contributed by atoms with Crippen molar-refractivity contribution in [2.45, 2.75) is 46.6 Å². The fraction of sp³-hybridized carbons (Fsp3) is 0.692. The van der Waals surface area contributed by atoms with E-state index < -0.39 is 0 Å². The first-order valence-corrected chi connectivity index (χ1v) is 6.19. The predicted molar refractivity (Wildman–Crippen MR) is 73.2 cm³/mol. The maximum Gasteiger partial charge on any atom is 0.137 e. The van der Waals surface area contributed by atoms with Gasteiger partial charge in [-0.05, 0) is 18.8 Å². The zero-order valence-corrected chi connectivity index (χ0v) is 11.7. The zero-order valence-electron chi connectivity index (χ0n) is 11.7. The lowest BCUT2D eigenvalue weighted by Crippen LogP contribution is -2.34. The molecule has 96 valence electrons. The van der Waals surface area contributed by atoms with Crippen LogP contribution in [-0.2, 0) is 0 Å². The van der Waals surface area contributed by atoms with Crippen LogP contribution >= 0.6 is 0 Å². The minimum absolute atomic E-state index is 0.327. The highest BCUT2D eigenvalue weighted by Gasteiger charge is 2.21. The summed E-state index contributed by atoms with van der Waals surface area (Å²) < 4.78 is 0. The molecule has 1 aromatic rings. The third-order valence-corrected chi connectivity index (χ3v) is 3.38. The maximum absolute atomic E-state index is 5.96. The van der Waals surface area contributed by atoms with Gasteiger partial charge in [-0.15, -0.1) is 0 Å². The molecule has 0 saturated carbocycles. The van der Waals surface area contributed by atoms with Gasteiger partial charge in [0.1, 0.15) is 18.0 Å². The Morgan fingerprint density at radius 1 is 1.12 bits per heavy atom. The monoisotopic (exact) mass is 236 g/mol. The second-order valence-electron chi connectivity index (χ2n) is 5.25. The second-order valence-corrected chi connectivity index (χ2v) is 5.25. The van der Waals surface area contributed by atoms with E-state index in [1.54, 1.807) is 6.33 Å². The van der Waals surface area contributed by atoms with E-state index in [1.165, 1.54) is 0 Å². The van der Waals surface area contributed by atoms with Crippen LogP contribution in [0.5, 0.6) is 0 Å².